The number of carboxylic acid groups (broad SMARTS) is 1. The maximum absolute atomic E-state index is 14.0. The van der Waals surface area contributed by atoms with Crippen LogP contribution in [-0.4, -0.2) is 37.1 Å². The Labute approximate surface area is 211 Å². The maximum atomic E-state index is 14.0. The average molecular weight is 515 g/mol. The van der Waals surface area contributed by atoms with Crippen LogP contribution in [0.25, 0.3) is 0 Å². The number of ether oxygens (including phenoxy) is 3. The van der Waals surface area contributed by atoms with Crippen LogP contribution in [0.3, 0.4) is 0 Å². The van der Waals surface area contributed by atoms with Crippen molar-refractivity contribution in [2.24, 2.45) is 5.16 Å². The van der Waals surface area contributed by atoms with Crippen LogP contribution in [0.1, 0.15) is 34.6 Å². The van der Waals surface area contributed by atoms with E-state index in [-0.39, 0.29) is 42.4 Å². The van der Waals surface area contributed by atoms with Gasteiger partial charge in [-0.15, -0.1) is 0 Å². The predicted molar refractivity (Wildman–Crippen MR) is 128 cm³/mol. The van der Waals surface area contributed by atoms with Crippen LogP contribution in [0.15, 0.2) is 53.7 Å². The second-order valence-corrected chi connectivity index (χ2v) is 8.41. The quantitative estimate of drug-likeness (QED) is 0.222. The third-order valence-electron chi connectivity index (χ3n) is 5.91. The van der Waals surface area contributed by atoms with Crippen molar-refractivity contribution in [2.45, 2.75) is 25.9 Å². The summed E-state index contributed by atoms with van der Waals surface area (Å²) in [6.07, 6.45) is 0.0116. The largest absolute Gasteiger partial charge is 0.492 e. The van der Waals surface area contributed by atoms with Crippen molar-refractivity contribution in [3.63, 3.8) is 0 Å². The number of aliphatic carboxylic acids is 1. The topological polar surface area (TPSA) is 86.6 Å². The van der Waals surface area contributed by atoms with Crippen molar-refractivity contribution in [1.29, 1.82) is 0 Å². The number of hydrogen-bond donors (Lipinski definition) is 1. The average Bonchev–Trinajstić information content (AvgIpc) is 3.28. The fourth-order valence-electron chi connectivity index (χ4n) is 3.98. The zero-order chi connectivity index (χ0) is 26.5. The van der Waals surface area contributed by atoms with Gasteiger partial charge in [0.1, 0.15) is 43.3 Å². The van der Waals surface area contributed by atoms with Gasteiger partial charge in [0.05, 0.1) is 13.0 Å². The van der Waals surface area contributed by atoms with Crippen molar-refractivity contribution >= 4 is 11.7 Å². The first kappa shape index (κ1) is 25.9. The van der Waals surface area contributed by atoms with Crippen molar-refractivity contribution in [3.8, 4) is 17.2 Å². The third kappa shape index (κ3) is 5.96. The van der Waals surface area contributed by atoms with E-state index in [1.165, 1.54) is 14.0 Å². The molecule has 1 aliphatic rings. The Kier molecular flexibility index (Phi) is 7.86. The lowest BCUT2D eigenvalue weighted by Gasteiger charge is -2.13. The SMILES string of the molecule is CO/N=C(\COc1ccc(COc2ccc3c(c2)OCC3CC(=O)O)cc1)c1cc(F)c(F)c(F)c1C. The van der Waals surface area contributed by atoms with Crippen molar-refractivity contribution in [2.75, 3.05) is 20.3 Å². The summed E-state index contributed by atoms with van der Waals surface area (Å²) < 4.78 is 58.4. The van der Waals surface area contributed by atoms with E-state index in [0.29, 0.717) is 23.9 Å². The summed E-state index contributed by atoms with van der Waals surface area (Å²) >= 11 is 0. The van der Waals surface area contributed by atoms with Gasteiger partial charge >= 0.3 is 5.97 Å². The first-order valence-electron chi connectivity index (χ1n) is 11.3. The van der Waals surface area contributed by atoms with E-state index in [4.69, 9.17) is 24.2 Å². The summed E-state index contributed by atoms with van der Waals surface area (Å²) in [7, 11) is 1.28. The number of carboxylic acids is 1. The van der Waals surface area contributed by atoms with E-state index in [2.05, 4.69) is 5.16 Å². The Morgan fingerprint density at radius 3 is 2.49 bits per heavy atom. The molecule has 10 heteroatoms. The minimum atomic E-state index is -1.55. The molecule has 0 spiro atoms. The summed E-state index contributed by atoms with van der Waals surface area (Å²) in [6.45, 7) is 1.73. The molecule has 1 N–H and O–H groups in total. The van der Waals surface area contributed by atoms with Crippen molar-refractivity contribution in [3.05, 3.63) is 88.2 Å². The van der Waals surface area contributed by atoms with Gasteiger partial charge in [0.25, 0.3) is 0 Å². The minimum absolute atomic E-state index is 0.0116. The van der Waals surface area contributed by atoms with E-state index in [1.54, 1.807) is 36.4 Å². The molecule has 0 fully saturated rings. The summed E-state index contributed by atoms with van der Waals surface area (Å²) in [6, 6.07) is 13.2. The molecule has 0 saturated carbocycles. The maximum Gasteiger partial charge on any atom is 0.304 e. The number of rotatable bonds is 10. The van der Waals surface area contributed by atoms with Gasteiger partial charge in [-0.2, -0.15) is 0 Å². The number of benzene rings is 3. The summed E-state index contributed by atoms with van der Waals surface area (Å²) in [4.78, 5) is 15.8. The lowest BCUT2D eigenvalue weighted by molar-refractivity contribution is -0.137. The molecule has 1 aliphatic heterocycles. The molecule has 1 unspecified atom stereocenters. The molecule has 0 saturated heterocycles. The molecule has 3 aromatic carbocycles. The van der Waals surface area contributed by atoms with Gasteiger partial charge in [0, 0.05) is 23.1 Å². The second kappa shape index (κ2) is 11.2. The lowest BCUT2D eigenvalue weighted by atomic mass is 9.98. The van der Waals surface area contributed by atoms with Crippen LogP contribution in [0.5, 0.6) is 17.2 Å². The molecule has 0 aliphatic carbocycles. The third-order valence-corrected chi connectivity index (χ3v) is 5.91. The smallest absolute Gasteiger partial charge is 0.304 e. The van der Waals surface area contributed by atoms with Crippen LogP contribution < -0.4 is 14.2 Å². The summed E-state index contributed by atoms with van der Waals surface area (Å²) in [5.41, 5.74) is 1.72. The second-order valence-electron chi connectivity index (χ2n) is 8.41. The Hall–Kier alpha value is -4.21. The first-order chi connectivity index (χ1) is 17.8. The summed E-state index contributed by atoms with van der Waals surface area (Å²) in [5.74, 6) is -3.55. The monoisotopic (exact) mass is 515 g/mol. The highest BCUT2D eigenvalue weighted by atomic mass is 19.2. The number of halogens is 3. The molecule has 0 aromatic heterocycles. The molecular weight excluding hydrogens is 491 g/mol. The molecule has 3 aromatic rings. The highest BCUT2D eigenvalue weighted by molar-refractivity contribution is 6.02. The van der Waals surface area contributed by atoms with E-state index in [0.717, 1.165) is 17.2 Å². The van der Waals surface area contributed by atoms with Gasteiger partial charge in [-0.3, -0.25) is 4.79 Å². The molecule has 194 valence electrons. The molecule has 37 heavy (non-hydrogen) atoms. The van der Waals surface area contributed by atoms with Crippen LogP contribution in [0.4, 0.5) is 13.2 Å². The van der Waals surface area contributed by atoms with Gasteiger partial charge in [-0.1, -0.05) is 23.4 Å². The zero-order valence-corrected chi connectivity index (χ0v) is 20.1. The molecule has 0 radical (unpaired) electrons. The lowest BCUT2D eigenvalue weighted by Crippen LogP contribution is -2.17. The Balaban J connectivity index is 1.36. The van der Waals surface area contributed by atoms with Gasteiger partial charge in [0.15, 0.2) is 17.5 Å². The van der Waals surface area contributed by atoms with Crippen molar-refractivity contribution in [1.82, 2.24) is 0 Å². The van der Waals surface area contributed by atoms with Gasteiger partial charge < -0.3 is 24.2 Å². The molecule has 1 atom stereocenters. The molecule has 7 nitrogen and oxygen atoms in total. The number of oxime groups is 1. The number of fused-ring (bicyclic) bond motifs is 1. The van der Waals surface area contributed by atoms with E-state index in [1.807, 2.05) is 6.07 Å². The van der Waals surface area contributed by atoms with Gasteiger partial charge in [0.2, 0.25) is 0 Å². The van der Waals surface area contributed by atoms with Crippen LogP contribution in [0.2, 0.25) is 0 Å². The predicted octanol–water partition coefficient (Wildman–Crippen LogP) is 5.37. The zero-order valence-electron chi connectivity index (χ0n) is 20.1. The van der Waals surface area contributed by atoms with Crippen LogP contribution >= 0.6 is 0 Å². The number of nitrogens with zero attached hydrogens (tertiary/aromatic N) is 1. The van der Waals surface area contributed by atoms with Crippen LogP contribution in [0, 0.1) is 24.4 Å². The van der Waals surface area contributed by atoms with E-state index < -0.39 is 23.4 Å². The minimum Gasteiger partial charge on any atom is -0.492 e. The van der Waals surface area contributed by atoms with E-state index >= 15 is 0 Å². The molecule has 0 bridgehead atoms. The fraction of sp³-hybridized carbons (Fsp3) is 0.259. The number of carbonyl (C=O) groups is 1. The molecule has 4 rings (SSSR count). The molecule has 1 heterocycles. The number of hydrogen-bond acceptors (Lipinski definition) is 6. The van der Waals surface area contributed by atoms with Gasteiger partial charge in [-0.05, 0) is 42.3 Å². The van der Waals surface area contributed by atoms with Crippen molar-refractivity contribution < 1.29 is 42.1 Å². The summed E-state index contributed by atoms with van der Waals surface area (Å²) in [5, 5.41) is 12.8. The molecular formula is C27H24F3NO6. The first-order valence-corrected chi connectivity index (χ1v) is 11.3. The Bertz CT molecular complexity index is 1330. The Morgan fingerprint density at radius 2 is 1.78 bits per heavy atom. The van der Waals surface area contributed by atoms with E-state index in [9.17, 15) is 18.0 Å². The fourth-order valence-corrected chi connectivity index (χ4v) is 3.98. The normalized spacial score (nSPS) is 14.6. The standard InChI is InChI=1S/C27H24F3NO6/c1-15-21(11-22(28)27(30)26(15)29)23(31-34-2)14-36-18-5-3-16(4-6-18)12-35-19-7-8-20-17(9-25(32)33)13-37-24(20)10-19/h3-8,10-11,17H,9,12-14H2,1-2H3,(H,32,33)/b31-23+. The molecule has 0 amide bonds. The van der Waals surface area contributed by atoms with Crippen LogP contribution in [-0.2, 0) is 16.2 Å². The highest BCUT2D eigenvalue weighted by Gasteiger charge is 2.26. The Morgan fingerprint density at radius 1 is 1.05 bits per heavy atom. The highest BCUT2D eigenvalue weighted by Crippen LogP contribution is 2.38. The van der Waals surface area contributed by atoms with Gasteiger partial charge in [-0.25, -0.2) is 13.2 Å².